The predicted molar refractivity (Wildman–Crippen MR) is 67.6 cm³/mol. The number of nitriles is 1. The smallest absolute Gasteiger partial charge is 0.120 e. The number of hydrogen-bond donors (Lipinski definition) is 1. The summed E-state index contributed by atoms with van der Waals surface area (Å²) in [6.45, 7) is 6.30. The molecule has 3 heteroatoms. The zero-order valence-electron chi connectivity index (χ0n) is 10.3. The second-order valence-electron chi connectivity index (χ2n) is 4.33. The molecule has 0 spiro atoms. The fourth-order valence-corrected chi connectivity index (χ4v) is 1.91. The van der Waals surface area contributed by atoms with E-state index >= 15 is 0 Å². The average Bonchev–Trinajstić information content (AvgIpc) is 2.72. The molecule has 3 nitrogen and oxygen atoms in total. The van der Waals surface area contributed by atoms with E-state index in [-0.39, 0.29) is 0 Å². The van der Waals surface area contributed by atoms with E-state index in [0.717, 1.165) is 17.1 Å². The summed E-state index contributed by atoms with van der Waals surface area (Å²) in [5.74, 6) is 0.722. The van der Waals surface area contributed by atoms with Crippen LogP contribution in [-0.2, 0) is 6.42 Å². The molecular weight excluding hydrogens is 210 g/mol. The highest BCUT2D eigenvalue weighted by atomic mass is 14.9. The van der Waals surface area contributed by atoms with Crippen molar-refractivity contribution in [3.8, 4) is 17.3 Å². The molecule has 0 saturated heterocycles. The van der Waals surface area contributed by atoms with Crippen molar-refractivity contribution in [2.24, 2.45) is 0 Å². The molecule has 0 bridgehead atoms. The van der Waals surface area contributed by atoms with Crippen LogP contribution in [0.3, 0.4) is 0 Å². The number of aryl methyl sites for hydroxylation is 3. The molecule has 2 aromatic rings. The van der Waals surface area contributed by atoms with Gasteiger partial charge in [-0.15, -0.1) is 0 Å². The maximum absolute atomic E-state index is 8.62. The molecule has 0 fully saturated rings. The molecule has 0 unspecified atom stereocenters. The lowest BCUT2D eigenvalue weighted by Crippen LogP contribution is -1.89. The Morgan fingerprint density at radius 3 is 2.59 bits per heavy atom. The van der Waals surface area contributed by atoms with Gasteiger partial charge in [0.1, 0.15) is 5.82 Å². The van der Waals surface area contributed by atoms with Gasteiger partial charge in [-0.05, 0) is 43.5 Å². The van der Waals surface area contributed by atoms with Crippen LogP contribution in [0, 0.1) is 32.1 Å². The minimum Gasteiger partial charge on any atom is -0.341 e. The summed E-state index contributed by atoms with van der Waals surface area (Å²) in [4.78, 5) is 7.38. The van der Waals surface area contributed by atoms with E-state index in [1.165, 1.54) is 16.7 Å². The van der Waals surface area contributed by atoms with Gasteiger partial charge in [-0.2, -0.15) is 5.26 Å². The van der Waals surface area contributed by atoms with E-state index in [0.29, 0.717) is 6.42 Å². The van der Waals surface area contributed by atoms with Crippen LogP contribution in [0.2, 0.25) is 0 Å². The minimum absolute atomic E-state index is 0.323. The minimum atomic E-state index is 0.323. The lowest BCUT2D eigenvalue weighted by Gasteiger charge is -2.07. The summed E-state index contributed by atoms with van der Waals surface area (Å²) < 4.78 is 0. The molecular formula is C14H15N3. The molecule has 0 amide bonds. The van der Waals surface area contributed by atoms with Gasteiger partial charge in [0.15, 0.2) is 0 Å². The van der Waals surface area contributed by atoms with Crippen LogP contribution in [0.25, 0.3) is 11.3 Å². The fraction of sp³-hybridized carbons (Fsp3) is 0.286. The van der Waals surface area contributed by atoms with Gasteiger partial charge < -0.3 is 4.98 Å². The summed E-state index contributed by atoms with van der Waals surface area (Å²) in [6, 6.07) is 6.43. The van der Waals surface area contributed by atoms with E-state index < -0.39 is 0 Å². The highest BCUT2D eigenvalue weighted by molar-refractivity contribution is 5.65. The van der Waals surface area contributed by atoms with Crippen molar-refractivity contribution in [1.29, 1.82) is 5.26 Å². The molecule has 0 aliphatic rings. The average molecular weight is 225 g/mol. The highest BCUT2D eigenvalue weighted by Crippen LogP contribution is 2.24. The third-order valence-corrected chi connectivity index (χ3v) is 3.01. The van der Waals surface area contributed by atoms with Crippen molar-refractivity contribution in [2.45, 2.75) is 27.2 Å². The van der Waals surface area contributed by atoms with Crippen molar-refractivity contribution in [3.05, 3.63) is 40.8 Å². The Kier molecular flexibility index (Phi) is 2.97. The first kappa shape index (κ1) is 11.4. The van der Waals surface area contributed by atoms with Crippen LogP contribution in [0.4, 0.5) is 0 Å². The molecule has 1 N–H and O–H groups in total. The number of benzene rings is 1. The number of nitrogens with one attached hydrogen (secondary N) is 1. The largest absolute Gasteiger partial charge is 0.341 e. The molecule has 1 heterocycles. The lowest BCUT2D eigenvalue weighted by atomic mass is 9.99. The van der Waals surface area contributed by atoms with E-state index in [1.807, 2.05) is 0 Å². The Morgan fingerprint density at radius 2 is 1.88 bits per heavy atom. The lowest BCUT2D eigenvalue weighted by molar-refractivity contribution is 1.06. The summed E-state index contributed by atoms with van der Waals surface area (Å²) in [7, 11) is 0. The van der Waals surface area contributed by atoms with E-state index in [4.69, 9.17) is 5.26 Å². The monoisotopic (exact) mass is 225 g/mol. The van der Waals surface area contributed by atoms with Crippen LogP contribution >= 0.6 is 0 Å². The van der Waals surface area contributed by atoms with E-state index in [1.54, 1.807) is 6.20 Å². The maximum Gasteiger partial charge on any atom is 0.120 e. The van der Waals surface area contributed by atoms with Crippen LogP contribution < -0.4 is 0 Å². The van der Waals surface area contributed by atoms with Crippen molar-refractivity contribution in [1.82, 2.24) is 9.97 Å². The van der Waals surface area contributed by atoms with Crippen molar-refractivity contribution < 1.29 is 0 Å². The van der Waals surface area contributed by atoms with Gasteiger partial charge in [-0.3, -0.25) is 0 Å². The molecule has 1 aromatic heterocycles. The number of rotatable bonds is 2. The van der Waals surface area contributed by atoms with Gasteiger partial charge in [-0.1, -0.05) is 6.07 Å². The van der Waals surface area contributed by atoms with Crippen LogP contribution in [0.5, 0.6) is 0 Å². The summed E-state index contributed by atoms with van der Waals surface area (Å²) in [5, 5.41) is 8.62. The first-order valence-electron chi connectivity index (χ1n) is 5.61. The van der Waals surface area contributed by atoms with Gasteiger partial charge in [0, 0.05) is 5.56 Å². The van der Waals surface area contributed by atoms with E-state index in [2.05, 4.69) is 48.9 Å². The first-order chi connectivity index (χ1) is 8.11. The quantitative estimate of drug-likeness (QED) is 0.853. The fourth-order valence-electron chi connectivity index (χ4n) is 1.91. The number of imidazole rings is 1. The van der Waals surface area contributed by atoms with Gasteiger partial charge in [0.2, 0.25) is 0 Å². The van der Waals surface area contributed by atoms with Gasteiger partial charge in [0.25, 0.3) is 0 Å². The number of H-pyrrole nitrogens is 1. The zero-order valence-corrected chi connectivity index (χ0v) is 10.3. The Labute approximate surface area is 101 Å². The molecule has 2 rings (SSSR count). The van der Waals surface area contributed by atoms with Crippen molar-refractivity contribution in [3.63, 3.8) is 0 Å². The molecule has 0 saturated carbocycles. The summed E-state index contributed by atoms with van der Waals surface area (Å²) in [5.41, 5.74) is 5.92. The second kappa shape index (κ2) is 4.42. The molecule has 0 atom stereocenters. The highest BCUT2D eigenvalue weighted by Gasteiger charge is 2.07. The standard InChI is InChI=1S/C14H15N3/c1-9-6-11(3)12(7-10(9)2)13-8-16-14(17-13)4-5-15/h6-8H,4H2,1-3H3,(H,16,17). The predicted octanol–water partition coefficient (Wildman–Crippen LogP) is 3.07. The Balaban J connectivity index is 2.46. The van der Waals surface area contributed by atoms with Crippen molar-refractivity contribution in [2.75, 3.05) is 0 Å². The molecule has 0 radical (unpaired) electrons. The molecule has 1 aromatic carbocycles. The van der Waals surface area contributed by atoms with Crippen LogP contribution in [0.15, 0.2) is 18.3 Å². The van der Waals surface area contributed by atoms with Crippen LogP contribution in [-0.4, -0.2) is 9.97 Å². The van der Waals surface area contributed by atoms with Gasteiger partial charge in [0.05, 0.1) is 24.4 Å². The molecule has 0 aliphatic heterocycles. The van der Waals surface area contributed by atoms with Crippen LogP contribution in [0.1, 0.15) is 22.5 Å². The number of nitrogens with zero attached hydrogens (tertiary/aromatic N) is 2. The summed E-state index contributed by atoms with van der Waals surface area (Å²) in [6.07, 6.45) is 2.12. The van der Waals surface area contributed by atoms with Gasteiger partial charge in [-0.25, -0.2) is 4.98 Å². The zero-order chi connectivity index (χ0) is 12.4. The molecule has 86 valence electrons. The maximum atomic E-state index is 8.62. The third-order valence-electron chi connectivity index (χ3n) is 3.01. The SMILES string of the molecule is Cc1cc(C)c(-c2cnc(CC#N)[nH]2)cc1C. The third kappa shape index (κ3) is 2.21. The van der Waals surface area contributed by atoms with Crippen molar-refractivity contribution >= 4 is 0 Å². The second-order valence-corrected chi connectivity index (χ2v) is 4.33. The van der Waals surface area contributed by atoms with Gasteiger partial charge >= 0.3 is 0 Å². The number of hydrogen-bond acceptors (Lipinski definition) is 2. The molecule has 17 heavy (non-hydrogen) atoms. The normalized spacial score (nSPS) is 10.2. The first-order valence-corrected chi connectivity index (χ1v) is 5.61. The number of aromatic nitrogens is 2. The topological polar surface area (TPSA) is 52.5 Å². The Bertz CT molecular complexity index is 588. The Morgan fingerprint density at radius 1 is 1.18 bits per heavy atom. The Hall–Kier alpha value is -2.08. The summed E-state index contributed by atoms with van der Waals surface area (Å²) >= 11 is 0. The molecule has 0 aliphatic carbocycles. The van der Waals surface area contributed by atoms with E-state index in [9.17, 15) is 0 Å². The number of aromatic amines is 1.